The number of hydrogen-bond donors (Lipinski definition) is 1. The SMILES string of the molecule is C=Cc1[nH]c(/C=C\CC)c(CC)c1C=C. The second kappa shape index (κ2) is 5.40. The summed E-state index contributed by atoms with van der Waals surface area (Å²) in [5.41, 5.74) is 4.76. The highest BCUT2D eigenvalue weighted by atomic mass is 14.7. The van der Waals surface area contributed by atoms with Crippen LogP contribution in [0.25, 0.3) is 18.2 Å². The monoisotopic (exact) mass is 201 g/mol. The molecule has 80 valence electrons. The first-order valence-corrected chi connectivity index (χ1v) is 5.44. The van der Waals surface area contributed by atoms with Crippen molar-refractivity contribution in [1.82, 2.24) is 4.98 Å². The van der Waals surface area contributed by atoms with Crippen molar-refractivity contribution in [3.63, 3.8) is 0 Å². The highest BCUT2D eigenvalue weighted by Crippen LogP contribution is 2.23. The first-order chi connectivity index (χ1) is 7.28. The van der Waals surface area contributed by atoms with Crippen LogP contribution in [0.4, 0.5) is 0 Å². The second-order valence-electron chi connectivity index (χ2n) is 3.42. The molecule has 1 heterocycles. The number of hydrogen-bond acceptors (Lipinski definition) is 0. The molecule has 0 saturated carbocycles. The van der Waals surface area contributed by atoms with Gasteiger partial charge in [0.05, 0.1) is 0 Å². The quantitative estimate of drug-likeness (QED) is 0.731. The average molecular weight is 201 g/mol. The van der Waals surface area contributed by atoms with Gasteiger partial charge in [-0.25, -0.2) is 0 Å². The minimum absolute atomic E-state index is 1.01. The van der Waals surface area contributed by atoms with E-state index in [1.807, 2.05) is 12.2 Å². The Bertz CT molecular complexity index is 380. The molecule has 0 aliphatic heterocycles. The van der Waals surface area contributed by atoms with E-state index in [9.17, 15) is 0 Å². The van der Waals surface area contributed by atoms with Crippen molar-refractivity contribution in [1.29, 1.82) is 0 Å². The number of rotatable bonds is 5. The van der Waals surface area contributed by atoms with Crippen molar-refractivity contribution in [2.75, 3.05) is 0 Å². The summed E-state index contributed by atoms with van der Waals surface area (Å²) in [5, 5.41) is 0. The molecule has 0 fully saturated rings. The van der Waals surface area contributed by atoms with Crippen LogP contribution in [0, 0.1) is 0 Å². The Balaban J connectivity index is 3.26. The van der Waals surface area contributed by atoms with Crippen LogP contribution in [0.5, 0.6) is 0 Å². The minimum atomic E-state index is 1.01. The molecule has 0 spiro atoms. The Morgan fingerprint density at radius 1 is 1.13 bits per heavy atom. The Kier molecular flexibility index (Phi) is 4.17. The molecule has 0 aliphatic carbocycles. The van der Waals surface area contributed by atoms with Crippen molar-refractivity contribution in [2.45, 2.75) is 26.7 Å². The van der Waals surface area contributed by atoms with Crippen molar-refractivity contribution < 1.29 is 0 Å². The molecule has 0 aromatic carbocycles. The maximum atomic E-state index is 3.85. The second-order valence-corrected chi connectivity index (χ2v) is 3.42. The Morgan fingerprint density at radius 2 is 1.87 bits per heavy atom. The molecule has 1 heteroatoms. The largest absolute Gasteiger partial charge is 0.355 e. The van der Waals surface area contributed by atoms with Crippen molar-refractivity contribution >= 4 is 18.2 Å². The zero-order valence-corrected chi connectivity index (χ0v) is 9.64. The van der Waals surface area contributed by atoms with Gasteiger partial charge < -0.3 is 4.98 Å². The first kappa shape index (κ1) is 11.6. The summed E-state index contributed by atoms with van der Waals surface area (Å²) < 4.78 is 0. The summed E-state index contributed by atoms with van der Waals surface area (Å²) in [6.45, 7) is 11.9. The molecular weight excluding hydrogens is 182 g/mol. The standard InChI is InChI=1S/C14H19N/c1-5-9-10-14-12(7-3)11(6-2)13(8-4)15-14/h6,8-10,15H,2,4-5,7H2,1,3H3/b10-9-. The lowest BCUT2D eigenvalue weighted by molar-refractivity contribution is 1.13. The fourth-order valence-corrected chi connectivity index (χ4v) is 1.75. The topological polar surface area (TPSA) is 15.8 Å². The van der Waals surface area contributed by atoms with E-state index < -0.39 is 0 Å². The van der Waals surface area contributed by atoms with Gasteiger partial charge in [0, 0.05) is 17.0 Å². The zero-order chi connectivity index (χ0) is 11.3. The van der Waals surface area contributed by atoms with Gasteiger partial charge in [0.15, 0.2) is 0 Å². The molecule has 0 radical (unpaired) electrons. The van der Waals surface area contributed by atoms with Gasteiger partial charge in [-0.05, 0) is 30.6 Å². The van der Waals surface area contributed by atoms with Crippen molar-refractivity contribution in [2.24, 2.45) is 0 Å². The van der Waals surface area contributed by atoms with Crippen molar-refractivity contribution in [3.8, 4) is 0 Å². The Labute approximate surface area is 92.2 Å². The normalized spacial score (nSPS) is 10.8. The number of H-pyrrole nitrogens is 1. The maximum absolute atomic E-state index is 3.85. The van der Waals surface area contributed by atoms with E-state index in [2.05, 4.69) is 44.1 Å². The van der Waals surface area contributed by atoms with E-state index in [4.69, 9.17) is 0 Å². The van der Waals surface area contributed by atoms with Gasteiger partial charge in [-0.2, -0.15) is 0 Å². The highest BCUT2D eigenvalue weighted by Gasteiger charge is 2.09. The third-order valence-corrected chi connectivity index (χ3v) is 2.49. The summed E-state index contributed by atoms with van der Waals surface area (Å²) in [6.07, 6.45) is 10.1. The fourth-order valence-electron chi connectivity index (χ4n) is 1.75. The minimum Gasteiger partial charge on any atom is -0.355 e. The predicted molar refractivity (Wildman–Crippen MR) is 69.7 cm³/mol. The lowest BCUT2D eigenvalue weighted by Crippen LogP contribution is -1.84. The summed E-state index contributed by atoms with van der Waals surface area (Å²) in [7, 11) is 0. The molecule has 15 heavy (non-hydrogen) atoms. The van der Waals surface area contributed by atoms with Crippen LogP contribution >= 0.6 is 0 Å². The van der Waals surface area contributed by atoms with Crippen LogP contribution < -0.4 is 0 Å². The van der Waals surface area contributed by atoms with Gasteiger partial charge in [0.25, 0.3) is 0 Å². The molecule has 0 saturated heterocycles. The Morgan fingerprint density at radius 3 is 2.33 bits per heavy atom. The molecular formula is C14H19N. The van der Waals surface area contributed by atoms with E-state index in [0.717, 1.165) is 18.5 Å². The van der Waals surface area contributed by atoms with Crippen LogP contribution in [0.1, 0.15) is 42.8 Å². The van der Waals surface area contributed by atoms with Crippen LogP contribution in [-0.4, -0.2) is 4.98 Å². The molecule has 1 nitrogen and oxygen atoms in total. The zero-order valence-electron chi connectivity index (χ0n) is 9.64. The number of aromatic amines is 1. The molecule has 1 rings (SSSR count). The van der Waals surface area contributed by atoms with Gasteiger partial charge in [0.1, 0.15) is 0 Å². The molecule has 1 aromatic heterocycles. The summed E-state index contributed by atoms with van der Waals surface area (Å²) in [5.74, 6) is 0. The lowest BCUT2D eigenvalue weighted by Gasteiger charge is -1.97. The van der Waals surface area contributed by atoms with Crippen LogP contribution in [0.2, 0.25) is 0 Å². The molecule has 0 atom stereocenters. The fraction of sp³-hybridized carbons (Fsp3) is 0.286. The molecule has 1 aromatic rings. The average Bonchev–Trinajstić information content (AvgIpc) is 2.62. The summed E-state index contributed by atoms with van der Waals surface area (Å²) in [4.78, 5) is 3.36. The van der Waals surface area contributed by atoms with E-state index in [0.29, 0.717) is 0 Å². The highest BCUT2D eigenvalue weighted by molar-refractivity contribution is 5.70. The Hall–Kier alpha value is -1.50. The molecule has 0 bridgehead atoms. The first-order valence-electron chi connectivity index (χ1n) is 5.44. The van der Waals surface area contributed by atoms with E-state index in [1.165, 1.54) is 16.8 Å². The van der Waals surface area contributed by atoms with Crippen LogP contribution in [0.15, 0.2) is 19.2 Å². The van der Waals surface area contributed by atoms with Gasteiger partial charge in [-0.3, -0.25) is 0 Å². The van der Waals surface area contributed by atoms with E-state index in [-0.39, 0.29) is 0 Å². The smallest absolute Gasteiger partial charge is 0.0455 e. The summed E-state index contributed by atoms with van der Waals surface area (Å²) in [6, 6.07) is 0. The van der Waals surface area contributed by atoms with Crippen LogP contribution in [-0.2, 0) is 6.42 Å². The predicted octanol–water partition coefficient (Wildman–Crippen LogP) is 4.29. The molecule has 0 unspecified atom stereocenters. The third kappa shape index (κ3) is 2.30. The van der Waals surface area contributed by atoms with E-state index >= 15 is 0 Å². The van der Waals surface area contributed by atoms with Gasteiger partial charge in [-0.15, -0.1) is 0 Å². The van der Waals surface area contributed by atoms with Gasteiger partial charge >= 0.3 is 0 Å². The molecule has 0 aliphatic rings. The number of nitrogens with one attached hydrogen (secondary N) is 1. The van der Waals surface area contributed by atoms with Crippen molar-refractivity contribution in [3.05, 3.63) is 41.7 Å². The lowest BCUT2D eigenvalue weighted by atomic mass is 10.1. The van der Waals surface area contributed by atoms with Crippen LogP contribution in [0.3, 0.4) is 0 Å². The molecule has 0 amide bonds. The number of aromatic nitrogens is 1. The third-order valence-electron chi connectivity index (χ3n) is 2.49. The molecule has 1 N–H and O–H groups in total. The summed E-state index contributed by atoms with van der Waals surface area (Å²) >= 11 is 0. The van der Waals surface area contributed by atoms with E-state index in [1.54, 1.807) is 0 Å². The van der Waals surface area contributed by atoms with Gasteiger partial charge in [-0.1, -0.05) is 39.2 Å². The van der Waals surface area contributed by atoms with Gasteiger partial charge in [0.2, 0.25) is 0 Å². The maximum Gasteiger partial charge on any atom is 0.0455 e. The number of allylic oxidation sites excluding steroid dienone is 1.